The Labute approximate surface area is 125 Å². The highest BCUT2D eigenvalue weighted by Gasteiger charge is 2.29. The van der Waals surface area contributed by atoms with Crippen LogP contribution in [0.4, 0.5) is 5.82 Å². The van der Waals surface area contributed by atoms with Gasteiger partial charge in [0.25, 0.3) is 0 Å². The van der Waals surface area contributed by atoms with Gasteiger partial charge < -0.3 is 15.7 Å². The molecule has 3 N–H and O–H groups in total. The molecule has 0 aliphatic heterocycles. The molecule has 5 nitrogen and oxygen atoms in total. The molecule has 1 aromatic heterocycles. The van der Waals surface area contributed by atoms with Crippen molar-refractivity contribution >= 4 is 23.0 Å². The Bertz CT molecular complexity index is 502. The Morgan fingerprint density at radius 3 is 2.60 bits per heavy atom. The molecule has 0 unspecified atom stereocenters. The first-order valence-corrected chi connectivity index (χ1v) is 7.48. The second-order valence-corrected chi connectivity index (χ2v) is 5.77. The first-order valence-electron chi connectivity index (χ1n) is 7.07. The van der Waals surface area contributed by atoms with Crippen LogP contribution in [0.15, 0.2) is 0 Å². The largest absolute Gasteiger partial charge is 0.396 e. The van der Waals surface area contributed by atoms with Crippen LogP contribution < -0.4 is 10.6 Å². The zero-order chi connectivity index (χ0) is 14.7. The van der Waals surface area contributed by atoms with Crippen LogP contribution >= 0.6 is 12.2 Å². The van der Waals surface area contributed by atoms with Crippen molar-refractivity contribution in [1.29, 1.82) is 0 Å². The quantitative estimate of drug-likeness (QED) is 0.774. The average Bonchev–Trinajstić information content (AvgIpc) is 2.34. The highest BCUT2D eigenvalue weighted by Crippen LogP contribution is 2.31. The Balaban J connectivity index is 2.41. The summed E-state index contributed by atoms with van der Waals surface area (Å²) < 4.78 is 0. The summed E-state index contributed by atoms with van der Waals surface area (Å²) in [7, 11) is 0. The maximum Gasteiger partial charge on any atom is 0.162 e. The van der Waals surface area contributed by atoms with E-state index in [2.05, 4.69) is 15.1 Å². The summed E-state index contributed by atoms with van der Waals surface area (Å²) in [4.78, 5) is 2.58. The highest BCUT2D eigenvalue weighted by atomic mass is 32.1. The predicted octanol–water partition coefficient (Wildman–Crippen LogP) is 1.47. The Hall–Kier alpha value is -1.27. The van der Waals surface area contributed by atoms with E-state index in [0.29, 0.717) is 17.5 Å². The Morgan fingerprint density at radius 1 is 1.40 bits per heavy atom. The molecule has 1 aliphatic carbocycles. The van der Waals surface area contributed by atoms with Crippen molar-refractivity contribution < 1.29 is 5.11 Å². The summed E-state index contributed by atoms with van der Waals surface area (Å²) in [6.45, 7) is 4.82. The third kappa shape index (κ3) is 2.91. The molecule has 0 bridgehead atoms. The van der Waals surface area contributed by atoms with Crippen LogP contribution in [-0.4, -0.2) is 39.5 Å². The van der Waals surface area contributed by atoms with Gasteiger partial charge in [0, 0.05) is 19.2 Å². The van der Waals surface area contributed by atoms with E-state index in [1.165, 1.54) is 6.42 Å². The second kappa shape index (κ2) is 6.45. The number of nitrogens with zero attached hydrogens (tertiary/aromatic N) is 3. The van der Waals surface area contributed by atoms with Crippen molar-refractivity contribution in [1.82, 2.24) is 10.2 Å². The van der Waals surface area contributed by atoms with Gasteiger partial charge in [-0.1, -0.05) is 12.2 Å². The lowest BCUT2D eigenvalue weighted by atomic mass is 9.90. The molecule has 110 valence electrons. The van der Waals surface area contributed by atoms with Crippen molar-refractivity contribution in [2.24, 2.45) is 5.73 Å². The Kier molecular flexibility index (Phi) is 4.88. The fraction of sp³-hybridized carbons (Fsp3) is 0.643. The normalized spacial score (nSPS) is 14.9. The lowest BCUT2D eigenvalue weighted by molar-refractivity contribution is 0.282. The fourth-order valence-electron chi connectivity index (χ4n) is 2.49. The predicted molar refractivity (Wildman–Crippen MR) is 84.1 cm³/mol. The van der Waals surface area contributed by atoms with Crippen LogP contribution in [0, 0.1) is 13.8 Å². The van der Waals surface area contributed by atoms with Gasteiger partial charge in [0.05, 0.1) is 11.3 Å². The minimum atomic E-state index is 0.171. The molecule has 1 aromatic rings. The number of aromatic nitrogens is 2. The van der Waals surface area contributed by atoms with Crippen LogP contribution in [-0.2, 0) is 0 Å². The minimum Gasteiger partial charge on any atom is -0.396 e. The molecule has 20 heavy (non-hydrogen) atoms. The molecule has 1 heterocycles. The third-order valence-electron chi connectivity index (χ3n) is 4.03. The molecule has 0 amide bonds. The van der Waals surface area contributed by atoms with Crippen molar-refractivity contribution in [2.45, 2.75) is 45.6 Å². The van der Waals surface area contributed by atoms with Crippen LogP contribution in [0.25, 0.3) is 0 Å². The molecule has 0 spiro atoms. The monoisotopic (exact) mass is 294 g/mol. The summed E-state index contributed by atoms with van der Waals surface area (Å²) in [5, 5.41) is 17.7. The smallest absolute Gasteiger partial charge is 0.162 e. The van der Waals surface area contributed by atoms with Gasteiger partial charge in [0.1, 0.15) is 4.99 Å². The van der Waals surface area contributed by atoms with Crippen LogP contribution in [0.1, 0.15) is 42.5 Å². The van der Waals surface area contributed by atoms with E-state index in [9.17, 15) is 0 Å². The number of anilines is 1. The van der Waals surface area contributed by atoms with Gasteiger partial charge >= 0.3 is 0 Å². The topological polar surface area (TPSA) is 75.3 Å². The van der Waals surface area contributed by atoms with E-state index in [0.717, 1.165) is 42.0 Å². The number of aliphatic hydroxyl groups excluding tert-OH is 1. The summed E-state index contributed by atoms with van der Waals surface area (Å²) >= 11 is 5.20. The first kappa shape index (κ1) is 15.1. The van der Waals surface area contributed by atoms with Crippen molar-refractivity contribution in [3.05, 3.63) is 16.8 Å². The molecule has 1 aliphatic rings. The van der Waals surface area contributed by atoms with Gasteiger partial charge in [0.15, 0.2) is 5.82 Å². The van der Waals surface area contributed by atoms with Crippen molar-refractivity contribution in [2.75, 3.05) is 18.1 Å². The van der Waals surface area contributed by atoms with Gasteiger partial charge in [-0.15, -0.1) is 5.10 Å². The molecular weight excluding hydrogens is 272 g/mol. The van der Waals surface area contributed by atoms with Gasteiger partial charge in [0.2, 0.25) is 0 Å². The van der Waals surface area contributed by atoms with Crippen LogP contribution in [0.5, 0.6) is 0 Å². The number of aryl methyl sites for hydroxylation is 1. The van der Waals surface area contributed by atoms with Crippen LogP contribution in [0.2, 0.25) is 0 Å². The highest BCUT2D eigenvalue weighted by molar-refractivity contribution is 7.80. The van der Waals surface area contributed by atoms with E-state index >= 15 is 0 Å². The summed E-state index contributed by atoms with van der Waals surface area (Å²) in [5.74, 6) is 0.777. The maximum atomic E-state index is 9.10. The average molecular weight is 294 g/mol. The lowest BCUT2D eigenvalue weighted by Crippen LogP contribution is -2.43. The molecule has 1 saturated carbocycles. The van der Waals surface area contributed by atoms with Crippen molar-refractivity contribution in [3.8, 4) is 0 Å². The number of hydrogen-bond donors (Lipinski definition) is 2. The zero-order valence-corrected chi connectivity index (χ0v) is 12.9. The first-order chi connectivity index (χ1) is 9.56. The molecular formula is C14H22N4OS. The van der Waals surface area contributed by atoms with Crippen molar-refractivity contribution in [3.63, 3.8) is 0 Å². The zero-order valence-electron chi connectivity index (χ0n) is 12.1. The third-order valence-corrected chi connectivity index (χ3v) is 4.23. The molecule has 0 saturated heterocycles. The van der Waals surface area contributed by atoms with Gasteiger partial charge in [-0.3, -0.25) is 0 Å². The molecule has 6 heteroatoms. The Morgan fingerprint density at radius 2 is 2.10 bits per heavy atom. The van der Waals surface area contributed by atoms with E-state index < -0.39 is 0 Å². The molecule has 0 atom stereocenters. The number of nitrogens with two attached hydrogens (primary N) is 1. The van der Waals surface area contributed by atoms with Crippen LogP contribution in [0.3, 0.4) is 0 Å². The molecule has 0 aromatic carbocycles. The number of aliphatic hydroxyl groups is 1. The van der Waals surface area contributed by atoms with E-state index in [4.69, 9.17) is 23.1 Å². The SMILES string of the molecule is Cc1nnc(N(CCCO)C2CCC2)c(C(N)=S)c1C. The van der Waals surface area contributed by atoms with E-state index in [1.54, 1.807) is 0 Å². The second-order valence-electron chi connectivity index (χ2n) is 5.33. The molecule has 0 radical (unpaired) electrons. The van der Waals surface area contributed by atoms with Gasteiger partial charge in [-0.25, -0.2) is 0 Å². The number of thiocarbonyl (C=S) groups is 1. The fourth-order valence-corrected chi connectivity index (χ4v) is 2.74. The summed E-state index contributed by atoms with van der Waals surface area (Å²) in [5.41, 5.74) is 8.58. The molecule has 1 fully saturated rings. The van der Waals surface area contributed by atoms with Gasteiger partial charge in [-0.2, -0.15) is 5.10 Å². The molecule has 2 rings (SSSR count). The summed E-state index contributed by atoms with van der Waals surface area (Å²) in [6, 6.07) is 0.464. The summed E-state index contributed by atoms with van der Waals surface area (Å²) in [6.07, 6.45) is 4.25. The van der Waals surface area contributed by atoms with E-state index in [1.807, 2.05) is 13.8 Å². The van der Waals surface area contributed by atoms with E-state index in [-0.39, 0.29) is 6.61 Å². The lowest BCUT2D eigenvalue weighted by Gasteiger charge is -2.39. The maximum absolute atomic E-state index is 9.10. The number of rotatable bonds is 6. The minimum absolute atomic E-state index is 0.171. The van der Waals surface area contributed by atoms with Gasteiger partial charge in [-0.05, 0) is 45.1 Å². The standard InChI is InChI=1S/C14H22N4OS/c1-9-10(2)16-17-14(12(9)13(15)20)18(7-4-8-19)11-5-3-6-11/h11,19H,3-8H2,1-2H3,(H2,15,20). The number of hydrogen-bond acceptors (Lipinski definition) is 5.